The lowest BCUT2D eigenvalue weighted by atomic mass is 9.33. The number of nitrogens with zero attached hydrogens (tertiary/aromatic N) is 1. The molecule has 8 unspecified atom stereocenters. The fraction of sp³-hybridized carbons (Fsp3) is 0.825. The van der Waals surface area contributed by atoms with E-state index in [1.165, 1.54) is 0 Å². The number of hydrogen-bond donors (Lipinski definition) is 1. The summed E-state index contributed by atoms with van der Waals surface area (Å²) in [6.07, 6.45) is 7.67. The standard InChI is InChI=1S/C40H59NO7/c1-23(2)30-25(42)21-40(32(44)33(45)41-19-10-20-41)18-17-38(8)24(31(30)40)11-12-27-37(7)15-14-28(48-29(43)22-35(3,4)34(46)47)36(5,6)26(37)13-16-39(27,38)9/h23-24,26-28H,10-22H2,1-9H3,(H,46,47). The van der Waals surface area contributed by atoms with Gasteiger partial charge in [0.15, 0.2) is 5.78 Å². The molecule has 5 aliphatic carbocycles. The van der Waals surface area contributed by atoms with E-state index < -0.39 is 22.8 Å². The molecule has 0 aromatic heterocycles. The molecule has 1 heterocycles. The zero-order valence-corrected chi connectivity index (χ0v) is 30.9. The Labute approximate surface area is 287 Å². The zero-order chi connectivity index (χ0) is 35.4. The number of carbonyl (C=O) groups is 5. The van der Waals surface area contributed by atoms with Crippen LogP contribution in [0.1, 0.15) is 133 Å². The molecule has 48 heavy (non-hydrogen) atoms. The van der Waals surface area contributed by atoms with Gasteiger partial charge in [-0.1, -0.05) is 48.5 Å². The average molecular weight is 666 g/mol. The van der Waals surface area contributed by atoms with E-state index in [1.54, 1.807) is 18.7 Å². The van der Waals surface area contributed by atoms with Gasteiger partial charge in [0.2, 0.25) is 5.78 Å². The van der Waals surface area contributed by atoms with Gasteiger partial charge >= 0.3 is 11.9 Å². The number of carboxylic acids is 1. The summed E-state index contributed by atoms with van der Waals surface area (Å²) in [5.74, 6) is -1.25. The maximum Gasteiger partial charge on any atom is 0.309 e. The van der Waals surface area contributed by atoms with Crippen molar-refractivity contribution >= 4 is 29.4 Å². The Morgan fingerprint density at radius 3 is 2.15 bits per heavy atom. The summed E-state index contributed by atoms with van der Waals surface area (Å²) in [7, 11) is 0. The maximum atomic E-state index is 14.3. The highest BCUT2D eigenvalue weighted by Gasteiger charge is 2.71. The van der Waals surface area contributed by atoms with Gasteiger partial charge in [-0.3, -0.25) is 24.0 Å². The van der Waals surface area contributed by atoms with Crippen LogP contribution in [0.3, 0.4) is 0 Å². The van der Waals surface area contributed by atoms with Crippen molar-refractivity contribution < 1.29 is 33.8 Å². The Morgan fingerprint density at radius 2 is 1.56 bits per heavy atom. The molecule has 0 aromatic rings. The second kappa shape index (κ2) is 11.2. The van der Waals surface area contributed by atoms with Crippen LogP contribution in [0.4, 0.5) is 0 Å². The highest BCUT2D eigenvalue weighted by atomic mass is 16.5. The van der Waals surface area contributed by atoms with Crippen molar-refractivity contribution in [2.75, 3.05) is 13.1 Å². The molecule has 0 aromatic carbocycles. The van der Waals surface area contributed by atoms with Crippen LogP contribution in [0.25, 0.3) is 0 Å². The minimum Gasteiger partial charge on any atom is -0.481 e. The Kier molecular flexibility index (Phi) is 8.28. The van der Waals surface area contributed by atoms with Crippen molar-refractivity contribution in [1.82, 2.24) is 4.90 Å². The average Bonchev–Trinajstić information content (AvgIpc) is 3.26. The molecule has 6 rings (SSSR count). The lowest BCUT2D eigenvalue weighted by molar-refractivity contribution is -0.233. The van der Waals surface area contributed by atoms with Crippen molar-refractivity contribution in [3.05, 3.63) is 11.1 Å². The third-order valence-electron chi connectivity index (χ3n) is 15.6. The number of allylic oxidation sites excluding steroid dienone is 2. The van der Waals surface area contributed by atoms with Gasteiger partial charge < -0.3 is 14.7 Å². The lowest BCUT2D eigenvalue weighted by Gasteiger charge is -2.72. The van der Waals surface area contributed by atoms with Gasteiger partial charge in [-0.25, -0.2) is 0 Å². The molecule has 1 saturated heterocycles. The number of ether oxygens (including phenoxy) is 1. The molecule has 6 aliphatic rings. The molecule has 8 heteroatoms. The second-order valence-corrected chi connectivity index (χ2v) is 19.0. The normalized spacial score (nSPS) is 40.3. The quantitative estimate of drug-likeness (QED) is 0.226. The van der Waals surface area contributed by atoms with Crippen LogP contribution >= 0.6 is 0 Å². The SMILES string of the molecule is CC(C)C1=C2C3CCC4C5(C)CCC(OC(=O)CC(C)(C)C(=O)O)C(C)(C)C5CCC4(C)C3(C)CCC2(C(=O)C(=O)N2CCC2)CC1=O. The molecule has 4 saturated carbocycles. The Bertz CT molecular complexity index is 1470. The second-order valence-electron chi connectivity index (χ2n) is 19.0. The molecule has 1 N–H and O–H groups in total. The van der Waals surface area contributed by atoms with E-state index in [4.69, 9.17) is 4.74 Å². The third-order valence-corrected chi connectivity index (χ3v) is 15.6. The molecule has 8 atom stereocenters. The molecule has 266 valence electrons. The minimum atomic E-state index is -1.18. The van der Waals surface area contributed by atoms with Crippen LogP contribution in [0.15, 0.2) is 11.1 Å². The van der Waals surface area contributed by atoms with Crippen LogP contribution in [0, 0.1) is 56.2 Å². The van der Waals surface area contributed by atoms with Crippen LogP contribution in [0.2, 0.25) is 0 Å². The van der Waals surface area contributed by atoms with Crippen molar-refractivity contribution in [2.24, 2.45) is 56.2 Å². The molecule has 8 nitrogen and oxygen atoms in total. The summed E-state index contributed by atoms with van der Waals surface area (Å²) in [5, 5.41) is 9.57. The van der Waals surface area contributed by atoms with E-state index in [1.807, 2.05) is 0 Å². The molecule has 1 aliphatic heterocycles. The van der Waals surface area contributed by atoms with E-state index in [0.29, 0.717) is 31.3 Å². The number of likely N-dealkylation sites (tertiary alicyclic amines) is 1. The minimum absolute atomic E-state index is 0.00211. The summed E-state index contributed by atoms with van der Waals surface area (Å²) in [4.78, 5) is 68.0. The van der Waals surface area contributed by atoms with Gasteiger partial charge in [0, 0.05) is 24.9 Å². The summed E-state index contributed by atoms with van der Waals surface area (Å²) < 4.78 is 6.12. The largest absolute Gasteiger partial charge is 0.481 e. The summed E-state index contributed by atoms with van der Waals surface area (Å²) in [5.41, 5.74) is -0.707. The number of ketones is 2. The number of esters is 1. The number of aliphatic carboxylic acids is 1. The molecule has 0 spiro atoms. The van der Waals surface area contributed by atoms with E-state index in [-0.39, 0.29) is 69.9 Å². The van der Waals surface area contributed by atoms with Gasteiger partial charge in [0.1, 0.15) is 6.10 Å². The number of carbonyl (C=O) groups excluding carboxylic acids is 4. The predicted molar refractivity (Wildman–Crippen MR) is 182 cm³/mol. The highest BCUT2D eigenvalue weighted by molar-refractivity contribution is 6.40. The number of Topliss-reactive ketones (excluding diaryl/α,β-unsaturated/α-hetero) is 2. The first-order chi connectivity index (χ1) is 22.2. The third kappa shape index (κ3) is 4.76. The van der Waals surface area contributed by atoms with Gasteiger partial charge in [-0.15, -0.1) is 0 Å². The summed E-state index contributed by atoms with van der Waals surface area (Å²) in [6, 6.07) is 0. The number of carboxylic acid groups (broad SMARTS) is 1. The van der Waals surface area contributed by atoms with Gasteiger partial charge in [-0.05, 0) is 123 Å². The molecule has 5 fully saturated rings. The summed E-state index contributed by atoms with van der Waals surface area (Å²) in [6.45, 7) is 20.4. The number of hydrogen-bond acceptors (Lipinski definition) is 6. The van der Waals surface area contributed by atoms with Gasteiger partial charge in [-0.2, -0.15) is 0 Å². The predicted octanol–water partition coefficient (Wildman–Crippen LogP) is 7.18. The molecule has 1 amide bonds. The Balaban J connectivity index is 1.31. The van der Waals surface area contributed by atoms with E-state index >= 15 is 0 Å². The van der Waals surface area contributed by atoms with E-state index in [9.17, 15) is 29.1 Å². The van der Waals surface area contributed by atoms with Crippen LogP contribution in [-0.4, -0.2) is 58.6 Å². The smallest absolute Gasteiger partial charge is 0.309 e. The molecular formula is C40H59NO7. The zero-order valence-electron chi connectivity index (χ0n) is 30.9. The van der Waals surface area contributed by atoms with Crippen molar-refractivity contribution in [3.8, 4) is 0 Å². The van der Waals surface area contributed by atoms with Gasteiger partial charge in [0.05, 0.1) is 17.3 Å². The molecule has 0 bridgehead atoms. The fourth-order valence-corrected chi connectivity index (χ4v) is 12.6. The lowest BCUT2D eigenvalue weighted by Crippen LogP contribution is -2.66. The molecular weight excluding hydrogens is 606 g/mol. The van der Waals surface area contributed by atoms with Crippen LogP contribution in [-0.2, 0) is 28.7 Å². The Hall–Kier alpha value is -2.51. The first-order valence-corrected chi connectivity index (χ1v) is 18.7. The number of amides is 1. The summed E-state index contributed by atoms with van der Waals surface area (Å²) >= 11 is 0. The van der Waals surface area contributed by atoms with Crippen LogP contribution < -0.4 is 0 Å². The fourth-order valence-electron chi connectivity index (χ4n) is 12.6. The van der Waals surface area contributed by atoms with Gasteiger partial charge in [0.25, 0.3) is 5.91 Å². The van der Waals surface area contributed by atoms with E-state index in [2.05, 4.69) is 48.5 Å². The monoisotopic (exact) mass is 665 g/mol. The number of fused-ring (bicyclic) bond motifs is 7. The highest BCUT2D eigenvalue weighted by Crippen LogP contribution is 2.76. The van der Waals surface area contributed by atoms with Crippen LogP contribution in [0.5, 0.6) is 0 Å². The Morgan fingerprint density at radius 1 is 0.896 bits per heavy atom. The molecule has 0 radical (unpaired) electrons. The van der Waals surface area contributed by atoms with Crippen molar-refractivity contribution in [1.29, 1.82) is 0 Å². The maximum absolute atomic E-state index is 14.3. The first kappa shape index (κ1) is 35.3. The first-order valence-electron chi connectivity index (χ1n) is 18.7. The topological polar surface area (TPSA) is 118 Å². The van der Waals surface area contributed by atoms with E-state index in [0.717, 1.165) is 62.5 Å². The van der Waals surface area contributed by atoms with Crippen molar-refractivity contribution in [3.63, 3.8) is 0 Å². The number of rotatable bonds is 7. The van der Waals surface area contributed by atoms with Crippen molar-refractivity contribution in [2.45, 2.75) is 139 Å².